The van der Waals surface area contributed by atoms with E-state index >= 15 is 0 Å². The van der Waals surface area contributed by atoms with Crippen molar-refractivity contribution in [2.45, 2.75) is 38.5 Å². The summed E-state index contributed by atoms with van der Waals surface area (Å²) in [5.41, 5.74) is 31.9. The number of nitrogens with zero attached hydrogens (tertiary/aromatic N) is 2. The molecule has 7 aromatic rings. The molecule has 4 aliphatic rings. The highest BCUT2D eigenvalue weighted by Crippen LogP contribution is 2.53. The third-order valence-corrected chi connectivity index (χ3v) is 12.8. The van der Waals surface area contributed by atoms with Crippen LogP contribution in [0.4, 0.5) is 34.1 Å². The van der Waals surface area contributed by atoms with Gasteiger partial charge in [0.1, 0.15) is 0 Å². The largest absolute Gasteiger partial charge is 0.398 e. The quantitative estimate of drug-likeness (QED) is 0.164. The predicted molar refractivity (Wildman–Crippen MR) is 249 cm³/mol. The number of anilines is 6. The lowest BCUT2D eigenvalue weighted by Crippen LogP contribution is -2.17. The Labute approximate surface area is 347 Å². The summed E-state index contributed by atoms with van der Waals surface area (Å²) in [5, 5.41) is 0. The van der Waals surface area contributed by atoms with Gasteiger partial charge in [-0.05, 0) is 147 Å². The molecule has 3 heteroatoms. The van der Waals surface area contributed by atoms with Gasteiger partial charge in [-0.15, -0.1) is 0 Å². The van der Waals surface area contributed by atoms with E-state index in [4.69, 9.17) is 5.73 Å². The van der Waals surface area contributed by atoms with Crippen LogP contribution in [0.15, 0.2) is 177 Å². The summed E-state index contributed by atoms with van der Waals surface area (Å²) in [6, 6.07) is 51.1. The molecular weight excluding hydrogens is 715 g/mol. The molecule has 0 fully saturated rings. The average molecular weight is 760 g/mol. The van der Waals surface area contributed by atoms with Crippen LogP contribution < -0.4 is 15.5 Å². The van der Waals surface area contributed by atoms with Crippen molar-refractivity contribution in [1.82, 2.24) is 0 Å². The molecule has 0 saturated carbocycles. The second-order valence-electron chi connectivity index (χ2n) is 16.2. The Morgan fingerprint density at radius 1 is 0.610 bits per heavy atom. The Balaban J connectivity index is 1.16. The zero-order chi connectivity index (χ0) is 39.5. The van der Waals surface area contributed by atoms with Gasteiger partial charge >= 0.3 is 0 Å². The molecule has 2 N–H and O–H groups in total. The highest BCUT2D eigenvalue weighted by Gasteiger charge is 2.33. The normalized spacial score (nSPS) is 15.3. The average Bonchev–Trinajstić information content (AvgIpc) is 3.85. The molecule has 1 heterocycles. The molecule has 1 aliphatic heterocycles. The number of para-hydroxylation sites is 1. The van der Waals surface area contributed by atoms with Crippen LogP contribution in [-0.4, -0.2) is 0 Å². The topological polar surface area (TPSA) is 32.5 Å². The van der Waals surface area contributed by atoms with Gasteiger partial charge in [0.25, 0.3) is 0 Å². The SMILES string of the molecule is C=C1/C=C\C=C/N(c2ccccc2)c2cc(N(c3cc4c(c5c3C=CCC5)Cc3ccc(N)c(CCc5ccccc5)c3-4)c3cccc4c3Cc3ccccc3-4)ccc21. The molecule has 0 amide bonds. The first-order valence-corrected chi connectivity index (χ1v) is 20.9. The predicted octanol–water partition coefficient (Wildman–Crippen LogP) is 13.9. The summed E-state index contributed by atoms with van der Waals surface area (Å²) < 4.78 is 0. The molecule has 7 aromatic carbocycles. The number of fused-ring (bicyclic) bond motifs is 9. The third-order valence-electron chi connectivity index (χ3n) is 12.8. The Morgan fingerprint density at radius 3 is 2.29 bits per heavy atom. The van der Waals surface area contributed by atoms with Crippen molar-refractivity contribution >= 4 is 45.8 Å². The number of hydrogen-bond acceptors (Lipinski definition) is 3. The third kappa shape index (κ3) is 5.96. The van der Waals surface area contributed by atoms with Gasteiger partial charge in [-0.1, -0.05) is 128 Å². The minimum atomic E-state index is 0.882. The molecule has 0 spiro atoms. The number of allylic oxidation sites excluding steroid dienone is 5. The Hall–Kier alpha value is -7.10. The van der Waals surface area contributed by atoms with Gasteiger partial charge in [-0.3, -0.25) is 0 Å². The summed E-state index contributed by atoms with van der Waals surface area (Å²) in [7, 11) is 0. The lowest BCUT2D eigenvalue weighted by Gasteiger charge is -2.33. The summed E-state index contributed by atoms with van der Waals surface area (Å²) in [6.07, 6.45) is 18.9. The fraction of sp³-hybridized carbons (Fsp3) is 0.107. The Morgan fingerprint density at radius 2 is 1.41 bits per heavy atom. The highest BCUT2D eigenvalue weighted by atomic mass is 15.2. The van der Waals surface area contributed by atoms with Crippen LogP contribution in [0.3, 0.4) is 0 Å². The molecule has 11 rings (SSSR count). The lowest BCUT2D eigenvalue weighted by molar-refractivity contribution is 0.961. The molecule has 0 atom stereocenters. The van der Waals surface area contributed by atoms with Crippen LogP contribution in [0.25, 0.3) is 33.9 Å². The minimum absolute atomic E-state index is 0.882. The van der Waals surface area contributed by atoms with Crippen molar-refractivity contribution < 1.29 is 0 Å². The van der Waals surface area contributed by atoms with Crippen molar-refractivity contribution in [1.29, 1.82) is 0 Å². The zero-order valence-corrected chi connectivity index (χ0v) is 33.2. The number of rotatable bonds is 7. The van der Waals surface area contributed by atoms with E-state index in [0.717, 1.165) is 72.4 Å². The Kier molecular flexibility index (Phi) is 8.55. The number of nitrogens with two attached hydrogens (primary N) is 1. The molecule has 3 aliphatic carbocycles. The van der Waals surface area contributed by atoms with E-state index in [-0.39, 0.29) is 0 Å². The zero-order valence-electron chi connectivity index (χ0n) is 33.2. The molecular formula is C56H45N3. The van der Waals surface area contributed by atoms with Gasteiger partial charge < -0.3 is 15.5 Å². The van der Waals surface area contributed by atoms with Gasteiger partial charge in [0.15, 0.2) is 0 Å². The lowest BCUT2D eigenvalue weighted by atomic mass is 9.86. The van der Waals surface area contributed by atoms with Gasteiger partial charge in [-0.25, -0.2) is 0 Å². The fourth-order valence-corrected chi connectivity index (χ4v) is 10.0. The van der Waals surface area contributed by atoms with E-state index in [2.05, 4.69) is 192 Å². The monoisotopic (exact) mass is 759 g/mol. The van der Waals surface area contributed by atoms with Gasteiger partial charge in [0, 0.05) is 40.8 Å². The van der Waals surface area contributed by atoms with Crippen LogP contribution in [0, 0.1) is 0 Å². The van der Waals surface area contributed by atoms with Crippen molar-refractivity contribution in [3.63, 3.8) is 0 Å². The summed E-state index contributed by atoms with van der Waals surface area (Å²) in [5.74, 6) is 0. The number of hydrogen-bond donors (Lipinski definition) is 1. The maximum atomic E-state index is 6.95. The van der Waals surface area contributed by atoms with E-state index in [1.165, 1.54) is 78.1 Å². The number of benzene rings is 7. The summed E-state index contributed by atoms with van der Waals surface area (Å²) >= 11 is 0. The van der Waals surface area contributed by atoms with E-state index in [1.54, 1.807) is 0 Å². The van der Waals surface area contributed by atoms with Gasteiger partial charge in [-0.2, -0.15) is 0 Å². The van der Waals surface area contributed by atoms with Crippen molar-refractivity contribution in [3.05, 3.63) is 227 Å². The molecule has 3 nitrogen and oxygen atoms in total. The number of nitrogen functional groups attached to an aromatic ring is 1. The summed E-state index contributed by atoms with van der Waals surface area (Å²) in [4.78, 5) is 4.87. The van der Waals surface area contributed by atoms with Gasteiger partial charge in [0.2, 0.25) is 0 Å². The van der Waals surface area contributed by atoms with Crippen LogP contribution >= 0.6 is 0 Å². The van der Waals surface area contributed by atoms with E-state index in [9.17, 15) is 0 Å². The first kappa shape index (κ1) is 35.1. The summed E-state index contributed by atoms with van der Waals surface area (Å²) in [6.45, 7) is 4.53. The second-order valence-corrected chi connectivity index (χ2v) is 16.2. The van der Waals surface area contributed by atoms with Crippen molar-refractivity contribution in [2.24, 2.45) is 0 Å². The minimum Gasteiger partial charge on any atom is -0.398 e. The molecule has 0 unspecified atom stereocenters. The van der Waals surface area contributed by atoms with Crippen LogP contribution in [0.1, 0.15) is 56.5 Å². The van der Waals surface area contributed by atoms with Crippen LogP contribution in [-0.2, 0) is 32.1 Å². The smallest absolute Gasteiger partial charge is 0.0554 e. The van der Waals surface area contributed by atoms with Gasteiger partial charge in [0.05, 0.1) is 17.1 Å². The first-order valence-electron chi connectivity index (χ1n) is 20.9. The van der Waals surface area contributed by atoms with E-state index in [1.807, 2.05) is 0 Å². The van der Waals surface area contributed by atoms with Crippen molar-refractivity contribution in [2.75, 3.05) is 15.5 Å². The molecule has 0 saturated heterocycles. The highest BCUT2D eigenvalue weighted by molar-refractivity contribution is 5.97. The maximum absolute atomic E-state index is 6.95. The maximum Gasteiger partial charge on any atom is 0.0554 e. The first-order chi connectivity index (χ1) is 29.1. The molecule has 0 bridgehead atoms. The van der Waals surface area contributed by atoms with Crippen molar-refractivity contribution in [3.8, 4) is 22.3 Å². The fourth-order valence-electron chi connectivity index (χ4n) is 10.0. The molecule has 284 valence electrons. The standard InChI is InChI=1S/C56H45N3/c1-37-15-12-13-32-58(41-19-6-3-7-20-41)54-35-42(28-30-43(37)54)59(53-25-14-24-45-44-21-9-8-18-39(44)33-50(45)53)55-36-51-49(46-22-10-11-23-47(46)55)34-40-27-31-52(57)48(56(40)51)29-26-38-16-4-2-5-17-38/h2-9,11-21,23-25,27-28,30-32,35-36H,1,10,22,26,29,33-34,57H2/b15-12-,32-13-. The molecule has 0 radical (unpaired) electrons. The van der Waals surface area contributed by atoms with E-state index < -0.39 is 0 Å². The van der Waals surface area contributed by atoms with E-state index in [0.29, 0.717) is 0 Å². The second kappa shape index (κ2) is 14.4. The molecule has 59 heavy (non-hydrogen) atoms. The molecule has 0 aromatic heterocycles. The Bertz CT molecular complexity index is 2910. The van der Waals surface area contributed by atoms with Crippen LogP contribution in [0.5, 0.6) is 0 Å². The number of aryl methyl sites for hydroxylation is 1. The van der Waals surface area contributed by atoms with Crippen LogP contribution in [0.2, 0.25) is 0 Å².